The third kappa shape index (κ3) is 1.02. The summed E-state index contributed by atoms with van der Waals surface area (Å²) in [5.41, 5.74) is 4.03. The first-order valence-corrected chi connectivity index (χ1v) is 6.00. The molecule has 2 atom stereocenters. The van der Waals surface area contributed by atoms with E-state index in [1.807, 2.05) is 0 Å². The molecule has 0 saturated heterocycles. The lowest BCUT2D eigenvalue weighted by atomic mass is 9.91. The van der Waals surface area contributed by atoms with Gasteiger partial charge in [0.05, 0.1) is 0 Å². The Balaban J connectivity index is 2.34. The summed E-state index contributed by atoms with van der Waals surface area (Å²) in [5, 5.41) is 1.10. The molecule has 12 heavy (non-hydrogen) atoms. The van der Waals surface area contributed by atoms with Crippen LogP contribution in [0.1, 0.15) is 33.6 Å². The molecular weight excluding hydrogens is 212 g/mol. The maximum Gasteiger partial charge on any atom is 0.0247 e. The Morgan fingerprint density at radius 1 is 1.42 bits per heavy atom. The summed E-state index contributed by atoms with van der Waals surface area (Å²) in [4.78, 5) is 0. The van der Waals surface area contributed by atoms with Crippen LogP contribution >= 0.6 is 15.9 Å². The topological polar surface area (TPSA) is 0 Å². The molecule has 0 aromatic rings. The second-order valence-electron chi connectivity index (χ2n) is 4.83. The molecular formula is C11H17Br. The van der Waals surface area contributed by atoms with Crippen molar-refractivity contribution < 1.29 is 0 Å². The summed E-state index contributed by atoms with van der Waals surface area (Å²) in [5.74, 6) is 1.76. The van der Waals surface area contributed by atoms with E-state index in [4.69, 9.17) is 0 Å². The van der Waals surface area contributed by atoms with Crippen molar-refractivity contribution in [3.63, 3.8) is 0 Å². The van der Waals surface area contributed by atoms with Crippen LogP contribution in [0, 0.1) is 17.3 Å². The zero-order chi connectivity index (χ0) is 8.93. The number of hydrogen-bond acceptors (Lipinski definition) is 0. The van der Waals surface area contributed by atoms with E-state index in [-0.39, 0.29) is 0 Å². The van der Waals surface area contributed by atoms with Crippen molar-refractivity contribution in [2.24, 2.45) is 17.3 Å². The smallest absolute Gasteiger partial charge is 0.0247 e. The lowest BCUT2D eigenvalue weighted by Gasteiger charge is -2.17. The summed E-state index contributed by atoms with van der Waals surface area (Å²) in [6.45, 7) is 7.16. The summed E-state index contributed by atoms with van der Waals surface area (Å²) in [7, 11) is 0. The van der Waals surface area contributed by atoms with Crippen LogP contribution in [0.4, 0.5) is 0 Å². The largest absolute Gasteiger partial charge is 0.0880 e. The zero-order valence-corrected chi connectivity index (χ0v) is 9.74. The molecule has 1 fully saturated rings. The second kappa shape index (κ2) is 2.60. The van der Waals surface area contributed by atoms with E-state index in [2.05, 4.69) is 36.7 Å². The van der Waals surface area contributed by atoms with Gasteiger partial charge in [0.2, 0.25) is 0 Å². The van der Waals surface area contributed by atoms with Crippen LogP contribution in [0.3, 0.4) is 0 Å². The van der Waals surface area contributed by atoms with Gasteiger partial charge < -0.3 is 0 Å². The van der Waals surface area contributed by atoms with Crippen LogP contribution in [-0.4, -0.2) is 5.33 Å². The lowest BCUT2D eigenvalue weighted by Crippen LogP contribution is -2.05. The highest BCUT2D eigenvalue weighted by atomic mass is 79.9. The maximum atomic E-state index is 3.61. The van der Waals surface area contributed by atoms with E-state index in [0.29, 0.717) is 5.41 Å². The number of hydrogen-bond donors (Lipinski definition) is 0. The normalized spacial score (nSPS) is 38.0. The predicted octanol–water partition coefficient (Wildman–Crippen LogP) is 3.76. The van der Waals surface area contributed by atoms with Crippen molar-refractivity contribution in [1.29, 1.82) is 0 Å². The molecule has 2 unspecified atom stereocenters. The molecule has 0 aliphatic heterocycles. The lowest BCUT2D eigenvalue weighted by molar-refractivity contribution is 0.479. The van der Waals surface area contributed by atoms with Crippen molar-refractivity contribution in [2.75, 3.05) is 5.33 Å². The van der Waals surface area contributed by atoms with E-state index >= 15 is 0 Å². The third-order valence-corrected chi connectivity index (χ3v) is 4.41. The van der Waals surface area contributed by atoms with Crippen LogP contribution in [0.25, 0.3) is 0 Å². The van der Waals surface area contributed by atoms with Gasteiger partial charge in [-0.15, -0.1) is 0 Å². The summed E-state index contributed by atoms with van der Waals surface area (Å²) in [6.07, 6.45) is 2.83. The van der Waals surface area contributed by atoms with Gasteiger partial charge in [0, 0.05) is 5.33 Å². The molecule has 0 heterocycles. The van der Waals surface area contributed by atoms with Crippen molar-refractivity contribution in [1.82, 2.24) is 0 Å². The Morgan fingerprint density at radius 2 is 2.08 bits per heavy atom. The van der Waals surface area contributed by atoms with Gasteiger partial charge in [-0.3, -0.25) is 0 Å². The predicted molar refractivity (Wildman–Crippen MR) is 56.5 cm³/mol. The van der Waals surface area contributed by atoms with Crippen molar-refractivity contribution in [3.05, 3.63) is 11.1 Å². The zero-order valence-electron chi connectivity index (χ0n) is 8.15. The fourth-order valence-corrected chi connectivity index (χ4v) is 3.70. The van der Waals surface area contributed by atoms with Crippen LogP contribution in [0.5, 0.6) is 0 Å². The summed E-state index contributed by atoms with van der Waals surface area (Å²) < 4.78 is 0. The van der Waals surface area contributed by atoms with Gasteiger partial charge in [-0.25, -0.2) is 0 Å². The first-order chi connectivity index (χ1) is 5.59. The molecule has 2 aliphatic carbocycles. The first-order valence-electron chi connectivity index (χ1n) is 4.88. The van der Waals surface area contributed by atoms with E-state index in [1.54, 1.807) is 11.1 Å². The van der Waals surface area contributed by atoms with Gasteiger partial charge >= 0.3 is 0 Å². The minimum Gasteiger partial charge on any atom is -0.0880 e. The highest BCUT2D eigenvalue weighted by Crippen LogP contribution is 2.64. The van der Waals surface area contributed by atoms with Crippen LogP contribution < -0.4 is 0 Å². The standard InChI is InChI=1S/C11H17Br/c1-7-4-5-9-10(8(7)6-12)11(9,2)3/h7,9H,4-6H2,1-3H3. The van der Waals surface area contributed by atoms with Gasteiger partial charge in [-0.05, 0) is 30.1 Å². The van der Waals surface area contributed by atoms with E-state index < -0.39 is 0 Å². The number of alkyl halides is 1. The Bertz CT molecular complexity index is 237. The Kier molecular flexibility index (Phi) is 1.91. The Hall–Kier alpha value is 0.220. The van der Waals surface area contributed by atoms with Gasteiger partial charge in [0.25, 0.3) is 0 Å². The molecule has 0 aromatic heterocycles. The highest BCUT2D eigenvalue weighted by molar-refractivity contribution is 9.09. The molecule has 0 aromatic carbocycles. The van der Waals surface area contributed by atoms with E-state index in [1.165, 1.54) is 12.8 Å². The van der Waals surface area contributed by atoms with Gasteiger partial charge in [-0.1, -0.05) is 47.8 Å². The minimum atomic E-state index is 0.549. The average molecular weight is 229 g/mol. The Labute approximate surface area is 83.6 Å². The Morgan fingerprint density at radius 3 is 2.58 bits per heavy atom. The summed E-state index contributed by atoms with van der Waals surface area (Å²) in [6, 6.07) is 0. The number of rotatable bonds is 1. The molecule has 0 radical (unpaired) electrons. The fourth-order valence-electron chi connectivity index (χ4n) is 2.84. The quantitative estimate of drug-likeness (QED) is 0.474. The second-order valence-corrected chi connectivity index (χ2v) is 5.39. The average Bonchev–Trinajstić information content (AvgIpc) is 2.55. The molecule has 1 heteroatoms. The van der Waals surface area contributed by atoms with Gasteiger partial charge in [0.1, 0.15) is 0 Å². The summed E-state index contributed by atoms with van der Waals surface area (Å²) >= 11 is 3.61. The molecule has 0 nitrogen and oxygen atoms in total. The number of allylic oxidation sites excluding steroid dienone is 2. The number of halogens is 1. The maximum absolute atomic E-state index is 3.61. The van der Waals surface area contributed by atoms with Gasteiger partial charge in [-0.2, -0.15) is 0 Å². The highest BCUT2D eigenvalue weighted by Gasteiger charge is 2.55. The van der Waals surface area contributed by atoms with E-state index in [9.17, 15) is 0 Å². The molecule has 1 saturated carbocycles. The molecule has 0 amide bonds. The molecule has 2 aliphatic rings. The molecule has 0 spiro atoms. The first kappa shape index (κ1) is 8.80. The molecule has 2 rings (SSSR count). The molecule has 68 valence electrons. The van der Waals surface area contributed by atoms with E-state index in [0.717, 1.165) is 17.2 Å². The molecule has 0 bridgehead atoms. The monoisotopic (exact) mass is 228 g/mol. The molecule has 0 N–H and O–H groups in total. The van der Waals surface area contributed by atoms with Crippen molar-refractivity contribution >= 4 is 15.9 Å². The fraction of sp³-hybridized carbons (Fsp3) is 0.818. The van der Waals surface area contributed by atoms with Crippen molar-refractivity contribution in [3.8, 4) is 0 Å². The van der Waals surface area contributed by atoms with Crippen LogP contribution in [0.2, 0.25) is 0 Å². The van der Waals surface area contributed by atoms with Crippen LogP contribution in [0.15, 0.2) is 11.1 Å². The number of fused-ring (bicyclic) bond motifs is 1. The van der Waals surface area contributed by atoms with Crippen LogP contribution in [-0.2, 0) is 0 Å². The third-order valence-electron chi connectivity index (χ3n) is 3.80. The van der Waals surface area contributed by atoms with Crippen molar-refractivity contribution in [2.45, 2.75) is 33.6 Å². The van der Waals surface area contributed by atoms with Gasteiger partial charge in [0.15, 0.2) is 0 Å². The minimum absolute atomic E-state index is 0.549. The SMILES string of the molecule is CC1CCC2C(=C1CBr)C2(C)C.